The fraction of sp³-hybridized carbons (Fsp3) is 0.217. The average Bonchev–Trinajstić information content (AvgIpc) is 3.58. The highest BCUT2D eigenvalue weighted by atomic mass is 32.2. The van der Waals surface area contributed by atoms with Crippen LogP contribution >= 0.6 is 11.8 Å². The predicted molar refractivity (Wildman–Crippen MR) is 123 cm³/mol. The highest BCUT2D eigenvalue weighted by Gasteiger charge is 2.33. The summed E-state index contributed by atoms with van der Waals surface area (Å²) in [6.07, 6.45) is 8.15. The second-order valence-corrected chi connectivity index (χ2v) is 8.25. The first-order valence-corrected chi connectivity index (χ1v) is 11.3. The maximum absolute atomic E-state index is 9.73. The summed E-state index contributed by atoms with van der Waals surface area (Å²) in [5.74, 6) is 3.33. The van der Waals surface area contributed by atoms with E-state index in [-0.39, 0.29) is 0 Å². The Morgan fingerprint density at radius 1 is 1.13 bits per heavy atom. The SMILES string of the molecule is CSC1=Nc2cc(Nc3ccc(Oc4ccncc4)cc3)nn2C(C2CC2)=C(C#N)C1. The molecule has 2 aliphatic rings. The van der Waals surface area contributed by atoms with E-state index in [9.17, 15) is 5.26 Å². The van der Waals surface area contributed by atoms with Crippen LogP contribution in [0.5, 0.6) is 11.5 Å². The third-order valence-electron chi connectivity index (χ3n) is 5.14. The number of aliphatic imine (C=N–C) groups is 1. The lowest BCUT2D eigenvalue weighted by molar-refractivity contribution is 0.482. The van der Waals surface area contributed by atoms with Crippen LogP contribution < -0.4 is 10.1 Å². The molecular formula is C23H20N6OS. The number of hydrogen-bond acceptors (Lipinski definition) is 7. The van der Waals surface area contributed by atoms with Gasteiger partial charge in [-0.1, -0.05) is 0 Å². The van der Waals surface area contributed by atoms with E-state index in [1.54, 1.807) is 24.2 Å². The molecule has 1 N–H and O–H groups in total. The van der Waals surface area contributed by atoms with Crippen LogP contribution in [0.3, 0.4) is 0 Å². The lowest BCUT2D eigenvalue weighted by Crippen LogP contribution is -2.04. The summed E-state index contributed by atoms with van der Waals surface area (Å²) >= 11 is 1.58. The monoisotopic (exact) mass is 428 g/mol. The van der Waals surface area contributed by atoms with E-state index in [0.29, 0.717) is 18.2 Å². The summed E-state index contributed by atoms with van der Waals surface area (Å²) in [7, 11) is 0. The van der Waals surface area contributed by atoms with E-state index in [1.165, 1.54) is 0 Å². The van der Waals surface area contributed by atoms with E-state index in [2.05, 4.69) is 16.4 Å². The molecule has 1 aliphatic carbocycles. The number of aromatic nitrogens is 3. The summed E-state index contributed by atoms with van der Waals surface area (Å²) in [5.41, 5.74) is 2.66. The first-order chi connectivity index (χ1) is 15.2. The van der Waals surface area contributed by atoms with E-state index in [1.807, 2.05) is 53.4 Å². The number of nitrogens with zero attached hydrogens (tertiary/aromatic N) is 5. The zero-order chi connectivity index (χ0) is 21.2. The number of pyridine rings is 1. The van der Waals surface area contributed by atoms with Crippen molar-refractivity contribution < 1.29 is 4.74 Å². The number of ether oxygens (including phenoxy) is 1. The Kier molecular flexibility index (Phi) is 5.18. The third kappa shape index (κ3) is 4.18. The highest BCUT2D eigenvalue weighted by molar-refractivity contribution is 8.13. The van der Waals surface area contributed by atoms with Gasteiger partial charge in [-0.3, -0.25) is 4.98 Å². The number of benzene rings is 1. The number of thioether (sulfide) groups is 1. The topological polar surface area (TPSA) is 88.1 Å². The second kappa shape index (κ2) is 8.28. The summed E-state index contributed by atoms with van der Waals surface area (Å²) < 4.78 is 7.66. The Bertz CT molecular complexity index is 1200. The molecule has 1 aliphatic heterocycles. The van der Waals surface area contributed by atoms with Crippen molar-refractivity contribution in [2.75, 3.05) is 11.6 Å². The van der Waals surface area contributed by atoms with E-state index in [0.717, 1.165) is 52.2 Å². The van der Waals surface area contributed by atoms with Gasteiger partial charge in [0, 0.05) is 36.5 Å². The van der Waals surface area contributed by atoms with Gasteiger partial charge >= 0.3 is 0 Å². The normalized spacial score (nSPS) is 15.5. The third-order valence-corrected chi connectivity index (χ3v) is 5.85. The predicted octanol–water partition coefficient (Wildman–Crippen LogP) is 5.76. The fourth-order valence-corrected chi connectivity index (χ4v) is 3.99. The molecule has 1 saturated carbocycles. The maximum atomic E-state index is 9.73. The maximum Gasteiger partial charge on any atom is 0.158 e. The van der Waals surface area contributed by atoms with Crippen molar-refractivity contribution >= 4 is 39.8 Å². The summed E-state index contributed by atoms with van der Waals surface area (Å²) in [5, 5.41) is 18.7. The molecule has 154 valence electrons. The van der Waals surface area contributed by atoms with Gasteiger partial charge in [-0.2, -0.15) is 5.26 Å². The molecule has 2 aromatic heterocycles. The molecule has 0 spiro atoms. The molecule has 8 heteroatoms. The van der Waals surface area contributed by atoms with Gasteiger partial charge in [0.05, 0.1) is 22.4 Å². The molecular weight excluding hydrogens is 408 g/mol. The van der Waals surface area contributed by atoms with E-state index < -0.39 is 0 Å². The second-order valence-electron chi connectivity index (χ2n) is 7.37. The number of anilines is 2. The molecule has 0 amide bonds. The van der Waals surface area contributed by atoms with Crippen molar-refractivity contribution in [3.05, 3.63) is 60.4 Å². The van der Waals surface area contributed by atoms with Crippen LogP contribution in [0.25, 0.3) is 5.70 Å². The number of hydrogen-bond donors (Lipinski definition) is 1. The molecule has 0 atom stereocenters. The van der Waals surface area contributed by atoms with Gasteiger partial charge in [-0.25, -0.2) is 9.67 Å². The largest absolute Gasteiger partial charge is 0.457 e. The average molecular weight is 429 g/mol. The van der Waals surface area contributed by atoms with Gasteiger partial charge in [0.25, 0.3) is 0 Å². The van der Waals surface area contributed by atoms with Crippen molar-refractivity contribution in [1.82, 2.24) is 14.8 Å². The Labute approximate surface area is 184 Å². The molecule has 0 bridgehead atoms. The smallest absolute Gasteiger partial charge is 0.158 e. The number of allylic oxidation sites excluding steroid dienone is 2. The molecule has 31 heavy (non-hydrogen) atoms. The number of rotatable bonds is 5. The van der Waals surface area contributed by atoms with Crippen LogP contribution in [-0.4, -0.2) is 26.1 Å². The summed E-state index contributed by atoms with van der Waals surface area (Å²) in [4.78, 5) is 8.75. The number of nitrogens with one attached hydrogen (secondary N) is 1. The minimum Gasteiger partial charge on any atom is -0.457 e. The quantitative estimate of drug-likeness (QED) is 0.556. The first-order valence-electron chi connectivity index (χ1n) is 10.0. The van der Waals surface area contributed by atoms with Gasteiger partial charge in [-0.05, 0) is 55.5 Å². The highest BCUT2D eigenvalue weighted by Crippen LogP contribution is 2.45. The van der Waals surface area contributed by atoms with Crippen molar-refractivity contribution in [3.63, 3.8) is 0 Å². The van der Waals surface area contributed by atoms with Crippen LogP contribution in [0.1, 0.15) is 19.3 Å². The Morgan fingerprint density at radius 3 is 2.55 bits per heavy atom. The lowest BCUT2D eigenvalue weighted by Gasteiger charge is -2.09. The number of nitriles is 1. The Morgan fingerprint density at radius 2 is 1.87 bits per heavy atom. The minimum absolute atomic E-state index is 0.391. The molecule has 5 rings (SSSR count). The van der Waals surface area contributed by atoms with Gasteiger partial charge in [0.2, 0.25) is 0 Å². The molecule has 3 aromatic rings. The van der Waals surface area contributed by atoms with E-state index in [4.69, 9.17) is 14.8 Å². The van der Waals surface area contributed by atoms with Gasteiger partial charge < -0.3 is 10.1 Å². The molecule has 1 aromatic carbocycles. The van der Waals surface area contributed by atoms with Crippen LogP contribution in [-0.2, 0) is 0 Å². The van der Waals surface area contributed by atoms with Crippen LogP contribution in [0.15, 0.2) is 65.4 Å². The Balaban J connectivity index is 1.40. The molecule has 0 unspecified atom stereocenters. The molecule has 1 fully saturated rings. The van der Waals surface area contributed by atoms with Crippen molar-refractivity contribution in [1.29, 1.82) is 5.26 Å². The van der Waals surface area contributed by atoms with Crippen LogP contribution in [0.4, 0.5) is 17.3 Å². The number of fused-ring (bicyclic) bond motifs is 1. The molecule has 7 nitrogen and oxygen atoms in total. The van der Waals surface area contributed by atoms with Gasteiger partial charge in [0.1, 0.15) is 11.5 Å². The van der Waals surface area contributed by atoms with Crippen LogP contribution in [0.2, 0.25) is 0 Å². The molecule has 0 radical (unpaired) electrons. The van der Waals surface area contributed by atoms with Crippen molar-refractivity contribution in [3.8, 4) is 17.6 Å². The standard InChI is InChI=1S/C23H20N6OS/c1-31-22-12-16(14-24)23(15-2-3-15)29-21(27-22)13-20(28-29)26-17-4-6-18(7-5-17)30-19-8-10-25-11-9-19/h4-11,13,15H,2-3,12H2,1H3,(H,26,28). The summed E-state index contributed by atoms with van der Waals surface area (Å²) in [6.45, 7) is 0. The first kappa shape index (κ1) is 19.4. The molecule has 0 saturated heterocycles. The zero-order valence-corrected chi connectivity index (χ0v) is 17.8. The van der Waals surface area contributed by atoms with Gasteiger partial charge in [-0.15, -0.1) is 16.9 Å². The minimum atomic E-state index is 0.391. The summed E-state index contributed by atoms with van der Waals surface area (Å²) in [6, 6.07) is 15.6. The van der Waals surface area contributed by atoms with Crippen molar-refractivity contribution in [2.24, 2.45) is 10.9 Å². The van der Waals surface area contributed by atoms with Gasteiger partial charge in [0.15, 0.2) is 11.6 Å². The zero-order valence-electron chi connectivity index (χ0n) is 16.9. The van der Waals surface area contributed by atoms with Crippen LogP contribution in [0, 0.1) is 17.2 Å². The molecule has 3 heterocycles. The fourth-order valence-electron chi connectivity index (χ4n) is 3.51. The van der Waals surface area contributed by atoms with E-state index >= 15 is 0 Å². The lowest BCUT2D eigenvalue weighted by atomic mass is 10.1. The van der Waals surface area contributed by atoms with Crippen molar-refractivity contribution in [2.45, 2.75) is 19.3 Å². The Hall–Kier alpha value is -3.57.